The van der Waals surface area contributed by atoms with Crippen LogP contribution in [0, 0.1) is 11.3 Å². The van der Waals surface area contributed by atoms with Gasteiger partial charge in [-0.15, -0.1) is 0 Å². The maximum absolute atomic E-state index is 12.6. The van der Waals surface area contributed by atoms with Crippen molar-refractivity contribution in [3.63, 3.8) is 0 Å². The Labute approximate surface area is 167 Å². The molecular formula is C21H20N4O4. The fourth-order valence-corrected chi connectivity index (χ4v) is 2.92. The number of carbonyl (C=O) groups is 1. The summed E-state index contributed by atoms with van der Waals surface area (Å²) >= 11 is 0. The van der Waals surface area contributed by atoms with Crippen LogP contribution < -0.4 is 14.8 Å². The zero-order valence-electron chi connectivity index (χ0n) is 16.2. The van der Waals surface area contributed by atoms with Crippen LogP contribution in [0.5, 0.6) is 17.2 Å². The van der Waals surface area contributed by atoms with Crippen LogP contribution in [0.3, 0.4) is 0 Å². The minimum atomic E-state index is -0.516. The van der Waals surface area contributed by atoms with E-state index in [0.29, 0.717) is 28.1 Å². The van der Waals surface area contributed by atoms with Crippen molar-refractivity contribution in [3.8, 4) is 23.3 Å². The van der Waals surface area contributed by atoms with Gasteiger partial charge in [-0.2, -0.15) is 5.26 Å². The highest BCUT2D eigenvalue weighted by atomic mass is 16.5. The number of aromatic amines is 1. The summed E-state index contributed by atoms with van der Waals surface area (Å²) in [5.41, 5.74) is 1.86. The van der Waals surface area contributed by atoms with E-state index in [1.54, 1.807) is 25.4 Å². The summed E-state index contributed by atoms with van der Waals surface area (Å²) in [4.78, 5) is 19.6. The molecule has 0 aliphatic rings. The number of hydrogen-bond donors (Lipinski definition) is 3. The zero-order chi connectivity index (χ0) is 21.0. The maximum atomic E-state index is 12.6. The van der Waals surface area contributed by atoms with Gasteiger partial charge in [0.1, 0.15) is 23.0 Å². The monoisotopic (exact) mass is 392 g/mol. The van der Waals surface area contributed by atoms with Crippen molar-refractivity contribution in [1.82, 2.24) is 15.3 Å². The van der Waals surface area contributed by atoms with Crippen LogP contribution in [0.2, 0.25) is 0 Å². The SMILES string of the molecule is COc1ccc([C@@H](C)NC(=O)/C(C#N)=C/c2c[nH]c3ncc(O)cc23)cc1OC. The quantitative estimate of drug-likeness (QED) is 0.438. The highest BCUT2D eigenvalue weighted by molar-refractivity contribution is 6.03. The Kier molecular flexibility index (Phi) is 5.69. The molecule has 29 heavy (non-hydrogen) atoms. The van der Waals surface area contributed by atoms with Crippen molar-refractivity contribution in [3.05, 3.63) is 53.4 Å². The van der Waals surface area contributed by atoms with Crippen LogP contribution in [0.1, 0.15) is 24.1 Å². The average molecular weight is 392 g/mol. The lowest BCUT2D eigenvalue weighted by molar-refractivity contribution is -0.117. The first-order valence-corrected chi connectivity index (χ1v) is 8.77. The van der Waals surface area contributed by atoms with Crippen LogP contribution in [-0.2, 0) is 4.79 Å². The summed E-state index contributed by atoms with van der Waals surface area (Å²) in [5.74, 6) is 0.617. The molecule has 3 N–H and O–H groups in total. The number of pyridine rings is 1. The first kappa shape index (κ1) is 19.8. The summed E-state index contributed by atoms with van der Waals surface area (Å²) in [5, 5.41) is 22.5. The molecule has 1 amide bonds. The van der Waals surface area contributed by atoms with E-state index in [1.807, 2.05) is 19.1 Å². The average Bonchev–Trinajstić information content (AvgIpc) is 3.12. The number of amides is 1. The van der Waals surface area contributed by atoms with Gasteiger partial charge in [0.25, 0.3) is 5.91 Å². The number of nitriles is 1. The number of rotatable bonds is 6. The minimum absolute atomic E-state index is 0.00298. The van der Waals surface area contributed by atoms with Gasteiger partial charge in [0.05, 0.1) is 26.5 Å². The molecule has 0 saturated carbocycles. The number of nitrogens with one attached hydrogen (secondary N) is 2. The lowest BCUT2D eigenvalue weighted by Crippen LogP contribution is -2.27. The molecule has 0 radical (unpaired) electrons. The molecule has 0 bridgehead atoms. The molecule has 2 aromatic heterocycles. The van der Waals surface area contributed by atoms with E-state index in [0.717, 1.165) is 5.56 Å². The van der Waals surface area contributed by atoms with E-state index in [4.69, 9.17) is 9.47 Å². The minimum Gasteiger partial charge on any atom is -0.506 e. The molecule has 1 aromatic carbocycles. The maximum Gasteiger partial charge on any atom is 0.262 e. The smallest absolute Gasteiger partial charge is 0.262 e. The predicted octanol–water partition coefficient (Wildman–Crippen LogP) is 3.07. The van der Waals surface area contributed by atoms with Gasteiger partial charge in [0.2, 0.25) is 0 Å². The second kappa shape index (κ2) is 8.35. The third kappa shape index (κ3) is 4.14. The predicted molar refractivity (Wildman–Crippen MR) is 107 cm³/mol. The second-order valence-corrected chi connectivity index (χ2v) is 6.31. The van der Waals surface area contributed by atoms with E-state index in [1.165, 1.54) is 25.4 Å². The normalized spacial score (nSPS) is 12.3. The van der Waals surface area contributed by atoms with E-state index < -0.39 is 5.91 Å². The van der Waals surface area contributed by atoms with Gasteiger partial charge in [-0.05, 0) is 36.8 Å². The highest BCUT2D eigenvalue weighted by Crippen LogP contribution is 2.30. The molecule has 3 aromatic rings. The molecular weight excluding hydrogens is 372 g/mol. The molecule has 0 saturated heterocycles. The number of hydrogen-bond acceptors (Lipinski definition) is 6. The lowest BCUT2D eigenvalue weighted by atomic mass is 10.1. The molecule has 0 fully saturated rings. The molecule has 0 aliphatic heterocycles. The Balaban J connectivity index is 1.83. The summed E-state index contributed by atoms with van der Waals surface area (Å²) in [6.07, 6.45) is 4.39. The summed E-state index contributed by atoms with van der Waals surface area (Å²) in [7, 11) is 3.09. The number of benzene rings is 1. The Morgan fingerprint density at radius 3 is 2.76 bits per heavy atom. The number of carbonyl (C=O) groups excluding carboxylic acids is 1. The largest absolute Gasteiger partial charge is 0.506 e. The number of nitrogens with zero attached hydrogens (tertiary/aromatic N) is 2. The second-order valence-electron chi connectivity index (χ2n) is 6.31. The molecule has 2 heterocycles. The molecule has 148 valence electrons. The number of fused-ring (bicyclic) bond motifs is 1. The van der Waals surface area contributed by atoms with Gasteiger partial charge in [0, 0.05) is 17.1 Å². The number of ether oxygens (including phenoxy) is 2. The molecule has 0 aliphatic carbocycles. The van der Waals surface area contributed by atoms with Crippen molar-refractivity contribution in [2.75, 3.05) is 14.2 Å². The van der Waals surface area contributed by atoms with Crippen molar-refractivity contribution < 1.29 is 19.4 Å². The van der Waals surface area contributed by atoms with E-state index in [2.05, 4.69) is 15.3 Å². The van der Waals surface area contributed by atoms with Crippen molar-refractivity contribution in [2.24, 2.45) is 0 Å². The number of H-pyrrole nitrogens is 1. The van der Waals surface area contributed by atoms with Gasteiger partial charge in [-0.3, -0.25) is 4.79 Å². The van der Waals surface area contributed by atoms with Gasteiger partial charge in [0.15, 0.2) is 11.5 Å². The number of methoxy groups -OCH3 is 2. The summed E-state index contributed by atoms with van der Waals surface area (Å²) in [6.45, 7) is 1.81. The lowest BCUT2D eigenvalue weighted by Gasteiger charge is -2.16. The first-order valence-electron chi connectivity index (χ1n) is 8.77. The number of aromatic nitrogens is 2. The Hall–Kier alpha value is -3.99. The molecule has 0 spiro atoms. The van der Waals surface area contributed by atoms with Crippen molar-refractivity contribution in [1.29, 1.82) is 5.26 Å². The summed E-state index contributed by atoms with van der Waals surface area (Å²) < 4.78 is 10.5. The Bertz CT molecular complexity index is 1130. The first-order chi connectivity index (χ1) is 14.0. The van der Waals surface area contributed by atoms with Gasteiger partial charge >= 0.3 is 0 Å². The van der Waals surface area contributed by atoms with Gasteiger partial charge < -0.3 is 24.9 Å². The van der Waals surface area contributed by atoms with E-state index in [-0.39, 0.29) is 17.4 Å². The van der Waals surface area contributed by atoms with E-state index >= 15 is 0 Å². The summed E-state index contributed by atoms with van der Waals surface area (Å²) in [6, 6.07) is 8.41. The Morgan fingerprint density at radius 1 is 1.31 bits per heavy atom. The topological polar surface area (TPSA) is 120 Å². The van der Waals surface area contributed by atoms with Crippen LogP contribution in [0.4, 0.5) is 0 Å². The molecule has 1 atom stereocenters. The van der Waals surface area contributed by atoms with E-state index in [9.17, 15) is 15.2 Å². The fourth-order valence-electron chi connectivity index (χ4n) is 2.92. The van der Waals surface area contributed by atoms with Crippen LogP contribution in [-0.4, -0.2) is 35.2 Å². The molecule has 0 unspecified atom stereocenters. The van der Waals surface area contributed by atoms with Gasteiger partial charge in [-0.25, -0.2) is 4.98 Å². The third-order valence-corrected chi connectivity index (χ3v) is 4.47. The molecule has 3 rings (SSSR count). The molecule has 8 nitrogen and oxygen atoms in total. The molecule has 8 heteroatoms. The Morgan fingerprint density at radius 2 is 2.07 bits per heavy atom. The zero-order valence-corrected chi connectivity index (χ0v) is 16.2. The highest BCUT2D eigenvalue weighted by Gasteiger charge is 2.16. The standard InChI is InChI=1S/C21H20N4O4/c1-12(13-4-5-18(28-2)19(7-13)29-3)25-21(27)14(9-22)6-15-10-23-20-17(15)8-16(26)11-24-20/h4-8,10-12,26H,1-3H3,(H,23,24)(H,25,27)/b14-6+/t12-/m1/s1. The van der Waals surface area contributed by atoms with Crippen molar-refractivity contribution >= 4 is 23.0 Å². The van der Waals surface area contributed by atoms with Crippen LogP contribution in [0.15, 0.2) is 42.2 Å². The van der Waals surface area contributed by atoms with Gasteiger partial charge in [-0.1, -0.05) is 6.07 Å². The third-order valence-electron chi connectivity index (χ3n) is 4.47. The van der Waals surface area contributed by atoms with Crippen LogP contribution in [0.25, 0.3) is 17.1 Å². The van der Waals surface area contributed by atoms with Crippen LogP contribution >= 0.6 is 0 Å². The van der Waals surface area contributed by atoms with Crippen molar-refractivity contribution in [2.45, 2.75) is 13.0 Å². The number of aromatic hydroxyl groups is 1. The fraction of sp³-hybridized carbons (Fsp3) is 0.190.